The Hall–Kier alpha value is -7.89. The summed E-state index contributed by atoms with van der Waals surface area (Å²) in [5, 5.41) is 27.6. The van der Waals surface area contributed by atoms with Gasteiger partial charge in [-0.25, -0.2) is 15.0 Å². The van der Waals surface area contributed by atoms with E-state index in [4.69, 9.17) is 14.2 Å². The standard InChI is InChI=1S/C42H39N7O11/c1-58-27-6-4-26(5-7-27)40-45-41(30-10-8-28(24-32(30)50)59-22-2-18-43-34(52)16-20-48-36(54)12-13-37(48)55)47-42(46-40)31-11-9-29(25-33(31)51)60-23-3-19-44-35(53)17-21-49-38(56)14-15-39(49)57/h4-16,20,24-25,50-51H,2-3,17-19,21-23H2,1H3,(H,43,52)(H,44,53). The number of nitrogens with one attached hydrogen (secondary N) is 2. The summed E-state index contributed by atoms with van der Waals surface area (Å²) in [4.78, 5) is 86.4. The minimum Gasteiger partial charge on any atom is -0.507 e. The van der Waals surface area contributed by atoms with Crippen LogP contribution < -0.4 is 24.8 Å². The molecule has 0 aliphatic carbocycles. The Labute approximate surface area is 342 Å². The molecule has 0 atom stereocenters. The van der Waals surface area contributed by atoms with Crippen LogP contribution in [0.25, 0.3) is 34.2 Å². The van der Waals surface area contributed by atoms with Crippen molar-refractivity contribution in [3.63, 3.8) is 0 Å². The molecule has 0 fully saturated rings. The average molecular weight is 818 g/mol. The van der Waals surface area contributed by atoms with Crippen molar-refractivity contribution in [1.82, 2.24) is 35.4 Å². The maximum atomic E-state index is 12.2. The molecular weight excluding hydrogens is 778 g/mol. The largest absolute Gasteiger partial charge is 0.507 e. The number of rotatable bonds is 19. The molecule has 3 aromatic carbocycles. The molecule has 0 radical (unpaired) electrons. The fourth-order valence-corrected chi connectivity index (χ4v) is 5.74. The van der Waals surface area contributed by atoms with Gasteiger partial charge in [-0.2, -0.15) is 0 Å². The van der Waals surface area contributed by atoms with Crippen molar-refractivity contribution in [2.45, 2.75) is 19.3 Å². The lowest BCUT2D eigenvalue weighted by atomic mass is 10.1. The van der Waals surface area contributed by atoms with Gasteiger partial charge in [0, 0.05) is 80.3 Å². The minimum atomic E-state index is -0.530. The van der Waals surface area contributed by atoms with E-state index in [9.17, 15) is 39.0 Å². The van der Waals surface area contributed by atoms with Crippen LogP contribution in [0, 0.1) is 0 Å². The molecule has 0 bridgehead atoms. The van der Waals surface area contributed by atoms with E-state index in [0.29, 0.717) is 35.7 Å². The van der Waals surface area contributed by atoms with E-state index < -0.39 is 29.5 Å². The first-order chi connectivity index (χ1) is 29.0. The van der Waals surface area contributed by atoms with Crippen molar-refractivity contribution in [2.24, 2.45) is 0 Å². The number of carbonyl (C=O) groups is 6. The third-order valence-corrected chi connectivity index (χ3v) is 8.89. The predicted molar refractivity (Wildman–Crippen MR) is 213 cm³/mol. The van der Waals surface area contributed by atoms with E-state index in [1.807, 2.05) is 0 Å². The number of phenols is 2. The second kappa shape index (κ2) is 19.5. The number of imide groups is 2. The molecule has 4 N–H and O–H groups in total. The number of amides is 6. The van der Waals surface area contributed by atoms with Crippen LogP contribution in [0.5, 0.6) is 28.7 Å². The van der Waals surface area contributed by atoms with Gasteiger partial charge in [0.2, 0.25) is 11.8 Å². The van der Waals surface area contributed by atoms with Crippen LogP contribution in [0.15, 0.2) is 97.2 Å². The predicted octanol–water partition coefficient (Wildman–Crippen LogP) is 2.82. The summed E-state index contributed by atoms with van der Waals surface area (Å²) >= 11 is 0. The van der Waals surface area contributed by atoms with Gasteiger partial charge in [0.1, 0.15) is 28.7 Å². The highest BCUT2D eigenvalue weighted by Crippen LogP contribution is 2.36. The van der Waals surface area contributed by atoms with E-state index in [0.717, 1.165) is 34.2 Å². The average Bonchev–Trinajstić information content (AvgIpc) is 3.75. The third kappa shape index (κ3) is 10.7. The van der Waals surface area contributed by atoms with Crippen LogP contribution in [0.4, 0.5) is 0 Å². The van der Waals surface area contributed by atoms with Crippen molar-refractivity contribution < 1.29 is 53.2 Å². The molecule has 2 aliphatic heterocycles. The van der Waals surface area contributed by atoms with Crippen LogP contribution in [0.2, 0.25) is 0 Å². The summed E-state index contributed by atoms with van der Waals surface area (Å²) in [6.07, 6.45) is 7.58. The van der Waals surface area contributed by atoms with Crippen molar-refractivity contribution >= 4 is 35.4 Å². The maximum Gasteiger partial charge on any atom is 0.257 e. The first-order valence-electron chi connectivity index (χ1n) is 18.6. The quantitative estimate of drug-likeness (QED) is 0.0605. The Morgan fingerprint density at radius 1 is 0.667 bits per heavy atom. The summed E-state index contributed by atoms with van der Waals surface area (Å²) in [6.45, 7) is 0.921. The van der Waals surface area contributed by atoms with Crippen LogP contribution in [0.1, 0.15) is 19.3 Å². The Kier molecular flexibility index (Phi) is 13.6. The number of hydrogen-bond acceptors (Lipinski definition) is 14. The molecule has 0 saturated heterocycles. The number of hydrogen-bond donors (Lipinski definition) is 4. The highest BCUT2D eigenvalue weighted by atomic mass is 16.5. The molecule has 2 aliphatic rings. The second-order valence-corrected chi connectivity index (χ2v) is 13.0. The minimum absolute atomic E-state index is 0.00678. The Morgan fingerprint density at radius 2 is 1.17 bits per heavy atom. The van der Waals surface area contributed by atoms with Gasteiger partial charge in [0.25, 0.3) is 23.6 Å². The second-order valence-electron chi connectivity index (χ2n) is 13.0. The van der Waals surface area contributed by atoms with Crippen LogP contribution in [0.3, 0.4) is 0 Å². The van der Waals surface area contributed by atoms with Gasteiger partial charge in [-0.05, 0) is 61.4 Å². The third-order valence-electron chi connectivity index (χ3n) is 8.89. The van der Waals surface area contributed by atoms with Crippen LogP contribution in [-0.4, -0.2) is 110 Å². The SMILES string of the molecule is COc1ccc(-c2nc(-c3ccc(OCCCNC(=O)C=CN4C(=O)C=CC4=O)cc3O)nc(-c3ccc(OCCCNC(=O)CCN4C(=O)C=CC4=O)cc3O)n2)cc1. The molecule has 18 nitrogen and oxygen atoms in total. The van der Waals surface area contributed by atoms with Crippen molar-refractivity contribution in [1.29, 1.82) is 0 Å². The van der Waals surface area contributed by atoms with Gasteiger partial charge in [-0.3, -0.25) is 38.6 Å². The number of carbonyl (C=O) groups excluding carboxylic acids is 6. The molecule has 4 aromatic rings. The number of aromatic nitrogens is 3. The molecule has 1 aromatic heterocycles. The molecular formula is C42H39N7O11. The first-order valence-corrected chi connectivity index (χ1v) is 18.6. The van der Waals surface area contributed by atoms with Gasteiger partial charge in [0.05, 0.1) is 31.5 Å². The first kappa shape index (κ1) is 41.7. The van der Waals surface area contributed by atoms with Gasteiger partial charge in [0.15, 0.2) is 17.5 Å². The Morgan fingerprint density at radius 3 is 1.70 bits per heavy atom. The smallest absolute Gasteiger partial charge is 0.257 e. The summed E-state index contributed by atoms with van der Waals surface area (Å²) in [7, 11) is 1.55. The summed E-state index contributed by atoms with van der Waals surface area (Å²) in [6, 6.07) is 16.2. The fourth-order valence-electron chi connectivity index (χ4n) is 5.74. The molecule has 3 heterocycles. The number of aromatic hydroxyl groups is 2. The van der Waals surface area contributed by atoms with Crippen LogP contribution in [-0.2, 0) is 28.8 Å². The van der Waals surface area contributed by atoms with Crippen molar-refractivity contribution in [3.05, 3.63) is 97.2 Å². The number of benzene rings is 3. The molecule has 0 saturated carbocycles. The van der Waals surface area contributed by atoms with E-state index in [1.54, 1.807) is 55.6 Å². The monoisotopic (exact) mass is 817 g/mol. The van der Waals surface area contributed by atoms with E-state index >= 15 is 0 Å². The summed E-state index contributed by atoms with van der Waals surface area (Å²) in [5.41, 5.74) is 1.13. The molecule has 6 rings (SSSR count). The molecule has 60 heavy (non-hydrogen) atoms. The zero-order valence-electron chi connectivity index (χ0n) is 32.2. The summed E-state index contributed by atoms with van der Waals surface area (Å²) < 4.78 is 16.8. The van der Waals surface area contributed by atoms with Crippen molar-refractivity contribution in [3.8, 4) is 62.9 Å². The topological polar surface area (TPSA) is 240 Å². The zero-order valence-corrected chi connectivity index (χ0v) is 32.2. The molecule has 0 spiro atoms. The highest BCUT2D eigenvalue weighted by Gasteiger charge is 2.24. The Bertz CT molecular complexity index is 2360. The number of phenolic OH excluding ortho intramolecular Hbond substituents is 2. The van der Waals surface area contributed by atoms with Gasteiger partial charge in [-0.1, -0.05) is 0 Å². The van der Waals surface area contributed by atoms with E-state index in [2.05, 4.69) is 25.6 Å². The molecule has 308 valence electrons. The van der Waals surface area contributed by atoms with Crippen molar-refractivity contribution in [2.75, 3.05) is 40.0 Å². The lowest BCUT2D eigenvalue weighted by Crippen LogP contribution is -2.35. The normalized spacial score (nSPS) is 13.4. The number of methoxy groups -OCH3 is 1. The van der Waals surface area contributed by atoms with Gasteiger partial charge >= 0.3 is 0 Å². The zero-order chi connectivity index (χ0) is 42.6. The summed E-state index contributed by atoms with van der Waals surface area (Å²) in [5.74, 6) is -1.36. The Balaban J connectivity index is 1.06. The molecule has 6 amide bonds. The number of ether oxygens (including phenoxy) is 3. The molecule has 18 heteroatoms. The lowest BCUT2D eigenvalue weighted by Gasteiger charge is -2.13. The van der Waals surface area contributed by atoms with E-state index in [-0.39, 0.29) is 85.3 Å². The van der Waals surface area contributed by atoms with Crippen LogP contribution >= 0.6 is 0 Å². The van der Waals surface area contributed by atoms with Gasteiger partial charge < -0.3 is 35.1 Å². The lowest BCUT2D eigenvalue weighted by molar-refractivity contribution is -0.138. The highest BCUT2D eigenvalue weighted by molar-refractivity contribution is 6.14. The molecule has 0 unspecified atom stereocenters. The number of nitrogens with zero attached hydrogens (tertiary/aromatic N) is 5. The maximum absolute atomic E-state index is 12.2. The van der Waals surface area contributed by atoms with E-state index in [1.165, 1.54) is 24.3 Å². The van der Waals surface area contributed by atoms with Gasteiger partial charge in [-0.15, -0.1) is 0 Å². The fraction of sp³-hybridized carbons (Fsp3) is 0.214.